The zero-order chi connectivity index (χ0) is 20.7. The third kappa shape index (κ3) is 5.07. The highest BCUT2D eigenvalue weighted by Gasteiger charge is 2.50. The molecule has 0 aliphatic carbocycles. The molecule has 1 fully saturated rings. The van der Waals surface area contributed by atoms with E-state index in [-0.39, 0.29) is 17.4 Å². The lowest BCUT2D eigenvalue weighted by atomic mass is 10.2. The molecule has 0 N–H and O–H groups in total. The van der Waals surface area contributed by atoms with Gasteiger partial charge in [0, 0.05) is 6.61 Å². The molecule has 1 aliphatic heterocycles. The van der Waals surface area contributed by atoms with Crippen molar-refractivity contribution in [3.8, 4) is 0 Å². The van der Waals surface area contributed by atoms with Gasteiger partial charge in [-0.25, -0.2) is 0 Å². The molecule has 156 valence electrons. The minimum Gasteiger partial charge on any atom is -0.404 e. The van der Waals surface area contributed by atoms with Gasteiger partial charge in [-0.15, -0.1) is 6.58 Å². The summed E-state index contributed by atoms with van der Waals surface area (Å²) in [5, 5.41) is 2.49. The van der Waals surface area contributed by atoms with Gasteiger partial charge in [-0.05, 0) is 34.7 Å². The van der Waals surface area contributed by atoms with Gasteiger partial charge in [0.15, 0.2) is 6.29 Å². The van der Waals surface area contributed by atoms with Gasteiger partial charge in [-0.1, -0.05) is 87.5 Å². The second-order valence-electron chi connectivity index (χ2n) is 8.68. The van der Waals surface area contributed by atoms with E-state index in [1.807, 2.05) is 6.08 Å². The molecule has 2 aromatic carbocycles. The second kappa shape index (κ2) is 9.85. The van der Waals surface area contributed by atoms with Crippen molar-refractivity contribution in [3.05, 3.63) is 73.3 Å². The number of rotatable bonds is 8. The molecule has 1 aliphatic rings. The Morgan fingerprint density at radius 2 is 1.62 bits per heavy atom. The normalized spacial score (nSPS) is 18.9. The highest BCUT2D eigenvalue weighted by Crippen LogP contribution is 2.37. The van der Waals surface area contributed by atoms with Crippen LogP contribution in [0, 0.1) is 0 Å². The Morgan fingerprint density at radius 3 is 2.07 bits per heavy atom. The standard InChI is InChI=1S/C25H34O3Si/c1-5-21(28-24-18-12-13-19-26-24)20-27-29(25(2,3)4,22-14-8-6-9-15-22)23-16-10-7-11-17-23/h5-11,14-17,21,24H,1,12-13,18-20H2,2-4H3/t21-,24+/m0/s1. The molecule has 0 saturated carbocycles. The van der Waals surface area contributed by atoms with Crippen molar-refractivity contribution >= 4 is 18.7 Å². The first-order valence-corrected chi connectivity index (χ1v) is 12.5. The highest BCUT2D eigenvalue weighted by molar-refractivity contribution is 6.99. The van der Waals surface area contributed by atoms with Crippen molar-refractivity contribution in [1.82, 2.24) is 0 Å². The van der Waals surface area contributed by atoms with Crippen LogP contribution in [0.15, 0.2) is 73.3 Å². The summed E-state index contributed by atoms with van der Waals surface area (Å²) in [6, 6.07) is 21.4. The molecule has 2 aromatic rings. The highest BCUT2D eigenvalue weighted by atomic mass is 28.4. The molecule has 3 nitrogen and oxygen atoms in total. The number of benzene rings is 2. The Labute approximate surface area is 176 Å². The van der Waals surface area contributed by atoms with E-state index in [0.717, 1.165) is 25.9 Å². The molecule has 0 spiro atoms. The average molecular weight is 411 g/mol. The van der Waals surface area contributed by atoms with Crippen LogP contribution in [-0.4, -0.2) is 33.9 Å². The molecule has 0 radical (unpaired) electrons. The van der Waals surface area contributed by atoms with Crippen molar-refractivity contribution in [2.45, 2.75) is 57.5 Å². The van der Waals surface area contributed by atoms with Crippen LogP contribution in [0.4, 0.5) is 0 Å². The van der Waals surface area contributed by atoms with Crippen LogP contribution in [0.5, 0.6) is 0 Å². The monoisotopic (exact) mass is 410 g/mol. The maximum atomic E-state index is 6.95. The van der Waals surface area contributed by atoms with E-state index in [4.69, 9.17) is 13.9 Å². The summed E-state index contributed by atoms with van der Waals surface area (Å²) >= 11 is 0. The lowest BCUT2D eigenvalue weighted by Gasteiger charge is -2.43. The molecular weight excluding hydrogens is 376 g/mol. The third-order valence-electron chi connectivity index (χ3n) is 5.61. The van der Waals surface area contributed by atoms with Crippen molar-refractivity contribution in [2.24, 2.45) is 0 Å². The molecule has 0 bridgehead atoms. The van der Waals surface area contributed by atoms with Gasteiger partial charge in [-0.3, -0.25) is 0 Å². The average Bonchev–Trinajstić information content (AvgIpc) is 2.74. The molecule has 29 heavy (non-hydrogen) atoms. The van der Waals surface area contributed by atoms with Gasteiger partial charge in [-0.2, -0.15) is 0 Å². The van der Waals surface area contributed by atoms with Crippen LogP contribution in [0.3, 0.4) is 0 Å². The maximum Gasteiger partial charge on any atom is 0.261 e. The van der Waals surface area contributed by atoms with Crippen LogP contribution >= 0.6 is 0 Å². The Hall–Kier alpha value is -1.72. The molecule has 0 aromatic heterocycles. The zero-order valence-corrected chi connectivity index (χ0v) is 19.0. The van der Waals surface area contributed by atoms with Crippen LogP contribution in [-0.2, 0) is 13.9 Å². The summed E-state index contributed by atoms with van der Waals surface area (Å²) in [6.45, 7) is 12.1. The Kier molecular flexibility index (Phi) is 7.47. The Bertz CT molecular complexity index is 709. The van der Waals surface area contributed by atoms with E-state index in [9.17, 15) is 0 Å². The molecule has 2 atom stereocenters. The quantitative estimate of drug-likeness (QED) is 0.468. The predicted octanol–water partition coefficient (Wildman–Crippen LogP) is 4.66. The van der Waals surface area contributed by atoms with Gasteiger partial charge >= 0.3 is 0 Å². The number of ether oxygens (including phenoxy) is 2. The summed E-state index contributed by atoms with van der Waals surface area (Å²) in [7, 11) is -2.56. The number of hydrogen-bond donors (Lipinski definition) is 0. The fourth-order valence-electron chi connectivity index (χ4n) is 4.15. The molecule has 3 rings (SSSR count). The van der Waals surface area contributed by atoms with E-state index in [1.54, 1.807) is 0 Å². The molecule has 0 unspecified atom stereocenters. The molecule has 1 heterocycles. The van der Waals surface area contributed by atoms with Crippen molar-refractivity contribution < 1.29 is 13.9 Å². The minimum absolute atomic E-state index is 0.0528. The maximum absolute atomic E-state index is 6.95. The molecule has 1 saturated heterocycles. The van der Waals surface area contributed by atoms with Crippen molar-refractivity contribution in [3.63, 3.8) is 0 Å². The molecular formula is C25H34O3Si. The summed E-state index contributed by atoms with van der Waals surface area (Å²) in [5.41, 5.74) is 0. The van der Waals surface area contributed by atoms with E-state index in [1.165, 1.54) is 10.4 Å². The van der Waals surface area contributed by atoms with E-state index in [0.29, 0.717) is 6.61 Å². The lowest BCUT2D eigenvalue weighted by Crippen LogP contribution is -2.67. The minimum atomic E-state index is -2.56. The van der Waals surface area contributed by atoms with Crippen molar-refractivity contribution in [1.29, 1.82) is 0 Å². The Balaban J connectivity index is 1.91. The first kappa shape index (κ1) is 22.0. The van der Waals surface area contributed by atoms with Crippen LogP contribution in [0.1, 0.15) is 40.0 Å². The van der Waals surface area contributed by atoms with E-state index in [2.05, 4.69) is 88.0 Å². The summed E-state index contributed by atoms with van der Waals surface area (Å²) in [4.78, 5) is 0. The second-order valence-corrected chi connectivity index (χ2v) is 13.0. The van der Waals surface area contributed by atoms with Gasteiger partial charge in [0.05, 0.1) is 6.61 Å². The third-order valence-corrected chi connectivity index (χ3v) is 10.6. The largest absolute Gasteiger partial charge is 0.404 e. The summed E-state index contributed by atoms with van der Waals surface area (Å²) in [5.74, 6) is 0. The number of hydrogen-bond acceptors (Lipinski definition) is 3. The van der Waals surface area contributed by atoms with Gasteiger partial charge in [0.2, 0.25) is 0 Å². The first-order chi connectivity index (χ1) is 14.0. The smallest absolute Gasteiger partial charge is 0.261 e. The summed E-state index contributed by atoms with van der Waals surface area (Å²) < 4.78 is 18.9. The Morgan fingerprint density at radius 1 is 1.03 bits per heavy atom. The predicted molar refractivity (Wildman–Crippen MR) is 122 cm³/mol. The van der Waals surface area contributed by atoms with Crippen LogP contribution in [0.2, 0.25) is 5.04 Å². The van der Waals surface area contributed by atoms with Crippen LogP contribution in [0.25, 0.3) is 0 Å². The lowest BCUT2D eigenvalue weighted by molar-refractivity contribution is -0.183. The zero-order valence-electron chi connectivity index (χ0n) is 18.0. The van der Waals surface area contributed by atoms with Crippen LogP contribution < -0.4 is 10.4 Å². The van der Waals surface area contributed by atoms with Gasteiger partial charge in [0.25, 0.3) is 8.32 Å². The fourth-order valence-corrected chi connectivity index (χ4v) is 8.71. The van der Waals surface area contributed by atoms with E-state index < -0.39 is 8.32 Å². The van der Waals surface area contributed by atoms with Gasteiger partial charge in [0.1, 0.15) is 6.10 Å². The topological polar surface area (TPSA) is 27.7 Å². The first-order valence-electron chi connectivity index (χ1n) is 10.6. The molecule has 4 heteroatoms. The van der Waals surface area contributed by atoms with E-state index >= 15 is 0 Å². The SMILES string of the molecule is C=C[C@@H](CO[Si](c1ccccc1)(c1ccccc1)C(C)(C)C)O[C@@H]1CCCCO1. The molecule has 0 amide bonds. The van der Waals surface area contributed by atoms with Crippen molar-refractivity contribution in [2.75, 3.05) is 13.2 Å². The summed E-state index contributed by atoms with van der Waals surface area (Å²) in [6.07, 6.45) is 4.68. The van der Waals surface area contributed by atoms with Gasteiger partial charge < -0.3 is 13.9 Å². The fraction of sp³-hybridized carbons (Fsp3) is 0.440.